The third-order valence-electron chi connectivity index (χ3n) is 11.8. The Balaban J connectivity index is 0.000000163. The predicted octanol–water partition coefficient (Wildman–Crippen LogP) is 9.00. The number of hydrogen-bond acceptors (Lipinski definition) is 8. The van der Waals surface area contributed by atoms with Crippen LogP contribution in [-0.2, 0) is 4.74 Å². The Kier molecular flexibility index (Phi) is 10.7. The van der Waals surface area contributed by atoms with Crippen LogP contribution in [0.5, 0.6) is 11.5 Å². The number of aromatic nitrogens is 2. The minimum absolute atomic E-state index is 0.0114. The van der Waals surface area contributed by atoms with Crippen molar-refractivity contribution in [3.05, 3.63) is 135 Å². The summed E-state index contributed by atoms with van der Waals surface area (Å²) in [6.45, 7) is -1.75. The maximum atomic E-state index is 13.1. The van der Waals surface area contributed by atoms with E-state index in [-0.39, 0.29) is 47.2 Å². The molecular weight excluding hydrogens is 834 g/mol. The van der Waals surface area contributed by atoms with Crippen LogP contribution >= 0.6 is 15.9 Å². The molecule has 5 aliphatic heterocycles. The summed E-state index contributed by atoms with van der Waals surface area (Å²) in [7, 11) is 0. The number of ether oxygens (including phenoxy) is 3. The molecule has 15 heteroatoms. The first-order valence-corrected chi connectivity index (χ1v) is 20.2. The van der Waals surface area contributed by atoms with Crippen LogP contribution in [0.25, 0.3) is 11.1 Å². The number of alkyl halides is 4. The Morgan fingerprint density at radius 3 is 1.68 bits per heavy atom. The summed E-state index contributed by atoms with van der Waals surface area (Å²) < 4.78 is 67.3. The maximum Gasteiger partial charge on any atom is 0.387 e. The number of fused-ring (bicyclic) bond motifs is 6. The van der Waals surface area contributed by atoms with Gasteiger partial charge in [-0.3, -0.25) is 9.59 Å². The molecule has 6 heterocycles. The predicted molar refractivity (Wildman–Crippen MR) is 213 cm³/mol. The largest absolute Gasteiger partial charge is 0.435 e. The van der Waals surface area contributed by atoms with Crippen molar-refractivity contribution >= 4 is 33.7 Å². The molecule has 5 aliphatic rings. The number of carbonyl (C=O) groups excluding carboxylic acids is 2. The summed E-state index contributed by atoms with van der Waals surface area (Å²) in [5, 5.41) is 0. The number of nitrogens with zero attached hydrogens (tertiary/aromatic N) is 5. The van der Waals surface area contributed by atoms with Gasteiger partial charge in [-0.1, -0.05) is 58.4 Å². The molecular formula is C44H38BrF4N5O5. The van der Waals surface area contributed by atoms with Crippen LogP contribution in [0.2, 0.25) is 0 Å². The first-order chi connectivity index (χ1) is 28.7. The van der Waals surface area contributed by atoms with Gasteiger partial charge in [-0.25, -0.2) is 9.97 Å². The highest BCUT2D eigenvalue weighted by molar-refractivity contribution is 9.10. The number of hydrogen-bond donors (Lipinski definition) is 0. The van der Waals surface area contributed by atoms with Crippen molar-refractivity contribution in [1.29, 1.82) is 0 Å². The minimum Gasteiger partial charge on any atom is -0.435 e. The third kappa shape index (κ3) is 7.39. The van der Waals surface area contributed by atoms with Crippen LogP contribution in [0.3, 0.4) is 0 Å². The minimum atomic E-state index is -2.90. The topological polar surface area (TPSA) is 97.3 Å². The quantitative estimate of drug-likeness (QED) is 0.143. The van der Waals surface area contributed by atoms with E-state index in [0.717, 1.165) is 51.8 Å². The van der Waals surface area contributed by atoms with E-state index in [4.69, 9.17) is 14.2 Å². The van der Waals surface area contributed by atoms with Crippen LogP contribution < -0.4 is 14.4 Å². The van der Waals surface area contributed by atoms with E-state index in [1.807, 2.05) is 70.5 Å². The zero-order valence-corrected chi connectivity index (χ0v) is 33.1. The summed E-state index contributed by atoms with van der Waals surface area (Å²) >= 11 is 3.45. The molecule has 0 N–H and O–H groups in total. The third-order valence-corrected chi connectivity index (χ3v) is 12.3. The lowest BCUT2D eigenvalue weighted by molar-refractivity contribution is -0.0513. The summed E-state index contributed by atoms with van der Waals surface area (Å²) in [5.41, 5.74) is 6.39. The fourth-order valence-corrected chi connectivity index (χ4v) is 9.68. The Morgan fingerprint density at radius 2 is 1.14 bits per heavy atom. The molecule has 4 aromatic carbocycles. The highest BCUT2D eigenvalue weighted by Crippen LogP contribution is 2.53. The van der Waals surface area contributed by atoms with E-state index in [1.165, 1.54) is 0 Å². The van der Waals surface area contributed by atoms with Crippen molar-refractivity contribution in [1.82, 2.24) is 19.8 Å². The molecule has 1 aromatic heterocycles. The van der Waals surface area contributed by atoms with E-state index >= 15 is 0 Å². The number of anilines is 1. The molecule has 0 spiro atoms. The number of rotatable bonds is 8. The molecule has 4 atom stereocenters. The number of morpholine rings is 1. The maximum absolute atomic E-state index is 13.1. The van der Waals surface area contributed by atoms with E-state index in [1.54, 1.807) is 36.7 Å². The molecule has 10 nitrogen and oxygen atoms in total. The van der Waals surface area contributed by atoms with E-state index in [9.17, 15) is 27.2 Å². The molecule has 3 fully saturated rings. The van der Waals surface area contributed by atoms with Crippen molar-refractivity contribution in [2.75, 3.05) is 44.3 Å². The first kappa shape index (κ1) is 38.9. The van der Waals surface area contributed by atoms with Crippen molar-refractivity contribution in [2.24, 2.45) is 0 Å². The molecule has 0 aliphatic carbocycles. The van der Waals surface area contributed by atoms with Crippen LogP contribution in [0.1, 0.15) is 79.7 Å². The second-order valence-electron chi connectivity index (χ2n) is 14.9. The molecule has 5 aromatic rings. The Hall–Kier alpha value is -5.54. The summed E-state index contributed by atoms with van der Waals surface area (Å²) in [6, 6.07) is 24.8. The van der Waals surface area contributed by atoms with Gasteiger partial charge in [0.25, 0.3) is 11.8 Å². The monoisotopic (exact) mass is 871 g/mol. The van der Waals surface area contributed by atoms with Gasteiger partial charge in [-0.05, 0) is 83.1 Å². The second-order valence-corrected chi connectivity index (χ2v) is 15.8. The fourth-order valence-electron chi connectivity index (χ4n) is 9.30. The van der Waals surface area contributed by atoms with E-state index in [2.05, 4.69) is 30.8 Å². The summed E-state index contributed by atoms with van der Waals surface area (Å²) in [4.78, 5) is 40.6. The number of amides is 2. The van der Waals surface area contributed by atoms with Gasteiger partial charge in [-0.2, -0.15) is 17.6 Å². The standard InChI is InChI=1S/C26H24F2N4O3.C18H14BrF2NO2/c27-25(28)35-22-4-2-1-3-18(22)19-7-8-32-23(19)21-13-16(5-6-20(21)24(32)33)17-14-29-26(30-15-17)31-9-11-34-12-10-31;19-10-5-6-13-14(9-10)16-12(7-8-22(16)17(13)23)11-3-1-2-4-15(11)24-18(20)21/h1-6,13-15,19,23,25H,7-12H2;1-6,9,12,16,18H,7-8H2/t19-,23-;/m1./s1. The van der Waals surface area contributed by atoms with Crippen LogP contribution in [-0.4, -0.2) is 84.2 Å². The van der Waals surface area contributed by atoms with E-state index in [0.29, 0.717) is 55.4 Å². The fraction of sp³-hybridized carbons (Fsp3) is 0.318. The zero-order chi connectivity index (χ0) is 40.8. The number of para-hydroxylation sites is 2. The van der Waals surface area contributed by atoms with Crippen molar-refractivity contribution in [3.8, 4) is 22.6 Å². The second kappa shape index (κ2) is 16.3. The van der Waals surface area contributed by atoms with Crippen LogP contribution in [0.4, 0.5) is 23.5 Å². The molecule has 304 valence electrons. The summed E-state index contributed by atoms with van der Waals surface area (Å²) in [5.74, 6) is 0.826. The Bertz CT molecular complexity index is 2380. The molecule has 59 heavy (non-hydrogen) atoms. The van der Waals surface area contributed by atoms with Crippen molar-refractivity contribution in [3.63, 3.8) is 0 Å². The van der Waals surface area contributed by atoms with Gasteiger partial charge < -0.3 is 28.9 Å². The van der Waals surface area contributed by atoms with Gasteiger partial charge in [-0.15, -0.1) is 0 Å². The molecule has 2 amide bonds. The van der Waals surface area contributed by atoms with Gasteiger partial charge >= 0.3 is 13.2 Å². The average molecular weight is 873 g/mol. The lowest BCUT2D eigenvalue weighted by atomic mass is 9.86. The molecule has 3 saturated heterocycles. The van der Waals surface area contributed by atoms with Gasteiger partial charge in [0.2, 0.25) is 5.95 Å². The highest BCUT2D eigenvalue weighted by Gasteiger charge is 2.48. The van der Waals surface area contributed by atoms with Gasteiger partial charge in [0, 0.05) is 71.6 Å². The lowest BCUT2D eigenvalue weighted by Gasteiger charge is -2.26. The molecule has 0 bridgehead atoms. The number of carbonyl (C=O) groups is 2. The zero-order valence-electron chi connectivity index (χ0n) is 31.5. The van der Waals surface area contributed by atoms with Gasteiger partial charge in [0.15, 0.2) is 0 Å². The average Bonchev–Trinajstić information content (AvgIpc) is 4.01. The number of halogens is 5. The van der Waals surface area contributed by atoms with Gasteiger partial charge in [0.1, 0.15) is 11.5 Å². The molecule has 0 saturated carbocycles. The van der Waals surface area contributed by atoms with Crippen molar-refractivity contribution < 1.29 is 41.4 Å². The van der Waals surface area contributed by atoms with Crippen molar-refractivity contribution in [2.45, 2.75) is 50.0 Å². The smallest absolute Gasteiger partial charge is 0.387 e. The van der Waals surface area contributed by atoms with Crippen LogP contribution in [0, 0.1) is 0 Å². The Labute approximate surface area is 345 Å². The summed E-state index contributed by atoms with van der Waals surface area (Å²) in [6.07, 6.45) is 5.00. The molecule has 10 rings (SSSR count). The van der Waals surface area contributed by atoms with E-state index < -0.39 is 13.2 Å². The molecule has 2 unspecified atom stereocenters. The Morgan fingerprint density at radius 1 is 0.627 bits per heavy atom. The van der Waals surface area contributed by atoms with Crippen LogP contribution in [0.15, 0.2) is 102 Å². The lowest BCUT2D eigenvalue weighted by Crippen LogP contribution is -2.37. The SMILES string of the molecule is O=C1c2ccc(-c3cnc(N4CCOCC4)nc3)cc2[C@H]2[C@@H](c3ccccc3OC(F)F)CCN12.O=C1c2ccc(Br)cc2C2C(c3ccccc3OC(F)F)CCN12. The highest BCUT2D eigenvalue weighted by atomic mass is 79.9. The first-order valence-electron chi connectivity index (χ1n) is 19.4. The molecule has 0 radical (unpaired) electrons. The normalized spacial score (nSPS) is 21.6. The van der Waals surface area contributed by atoms with Gasteiger partial charge in [0.05, 0.1) is 25.3 Å². The number of benzene rings is 4.